The minimum absolute atomic E-state index is 0. The number of H-pyrrole nitrogens is 1. The normalized spacial score (nSPS) is 11.3. The molecular formula is C38H52BrFLiN3O9S2. The summed E-state index contributed by atoms with van der Waals surface area (Å²) in [5.41, 5.74) is 2.18. The number of alkyl halides is 1. The zero-order valence-electron chi connectivity index (χ0n) is 31.3. The number of rotatable bonds is 6. The fourth-order valence-electron chi connectivity index (χ4n) is 3.44. The summed E-state index contributed by atoms with van der Waals surface area (Å²) in [4.78, 5) is 79.5. The summed E-state index contributed by atoms with van der Waals surface area (Å²) in [6.45, 7) is 11.8. The van der Waals surface area contributed by atoms with Crippen molar-refractivity contribution < 1.29 is 63.7 Å². The number of aromatic amines is 1. The largest absolute Gasteiger partial charge is 1.00 e. The van der Waals surface area contributed by atoms with Gasteiger partial charge in [0.1, 0.15) is 0 Å². The molecule has 6 rings (SSSR count). The Bertz CT molecular complexity index is 1680. The van der Waals surface area contributed by atoms with Crippen molar-refractivity contribution in [3.05, 3.63) is 119 Å². The second-order valence-corrected chi connectivity index (χ2v) is 11.2. The van der Waals surface area contributed by atoms with Crippen LogP contribution < -0.4 is 29.9 Å². The van der Waals surface area contributed by atoms with E-state index in [1.54, 1.807) is 36.5 Å². The number of carbonyl (C=O) groups is 6. The smallest absolute Gasteiger partial charge is 0.870 e. The predicted molar refractivity (Wildman–Crippen MR) is 223 cm³/mol. The van der Waals surface area contributed by atoms with Gasteiger partial charge in [-0.1, -0.05) is 179 Å². The molecule has 1 aromatic heterocycles. The molecule has 4 amide bonds. The van der Waals surface area contributed by atoms with Gasteiger partial charge in [-0.25, -0.2) is 4.79 Å². The van der Waals surface area contributed by atoms with Crippen LogP contribution in [-0.4, -0.2) is 72.6 Å². The third-order valence-electron chi connectivity index (χ3n) is 5.61. The molecule has 4 aromatic rings. The number of nitrogens with one attached hydrogen (secondary N) is 2. The number of oxazole rings is 1. The number of thioether (sulfide) groups is 2. The fraction of sp³-hybridized carbons (Fsp3) is 0.289. The van der Waals surface area contributed by atoms with Crippen LogP contribution in [0.4, 0.5) is 14.3 Å². The quantitative estimate of drug-likeness (QED) is 0.124. The van der Waals surface area contributed by atoms with Gasteiger partial charge in [-0.2, -0.15) is 0 Å². The third kappa shape index (κ3) is 24.2. The van der Waals surface area contributed by atoms with E-state index in [9.17, 15) is 33.6 Å². The number of carbonyl (C=O) groups excluding carboxylic acids is 6. The minimum Gasteiger partial charge on any atom is -0.870 e. The maximum atomic E-state index is 11.7. The van der Waals surface area contributed by atoms with Crippen LogP contribution in [0, 0.1) is 0 Å². The van der Waals surface area contributed by atoms with Crippen LogP contribution in [0.1, 0.15) is 71.1 Å². The Hall–Kier alpha value is -4.04. The Morgan fingerprint density at radius 2 is 1.20 bits per heavy atom. The number of hydrogen-bond acceptors (Lipinski definition) is 11. The zero-order chi connectivity index (χ0) is 38.6. The molecule has 3 aromatic carbocycles. The average Bonchev–Trinajstić information content (AvgIpc) is 3.90. The standard InChI is InChI=1S/C11H9NO3S.C9H7NO2.C8H7BrO.C3H3NO2S.3C2H6.CH4.FH.Li.H2O.H2/c13-9(8-4-2-1-3-5-8)6-12-10(14)7-16-11(12)15;11-9-10-6-8(12-9)7-4-2-1-3-5-7;9-6-8(10)7-4-2-1-3-5-7;5-2-1-7-3(6)4-2;3*1-2;;;;;/h1-5H,6-7H2;1-6H,(H,10,11);1-5H,6H2;1H2,(H,4,5,6);3*1-2H3;1H4;1H;;1H2;1H/q;;;;;;;;;+1;;/p-1/i;;;;;;;;;;;1+1. The second-order valence-electron chi connectivity index (χ2n) is 8.78. The van der Waals surface area contributed by atoms with Crippen molar-refractivity contribution in [2.24, 2.45) is 0 Å². The summed E-state index contributed by atoms with van der Waals surface area (Å²) in [5.74, 6) is 0.00820. The van der Waals surface area contributed by atoms with E-state index >= 15 is 0 Å². The maximum Gasteiger partial charge on any atom is 1.00 e. The van der Waals surface area contributed by atoms with Crippen LogP contribution >= 0.6 is 39.5 Å². The second kappa shape index (κ2) is 36.9. The number of ketones is 2. The van der Waals surface area contributed by atoms with E-state index in [1.807, 2.05) is 102 Å². The van der Waals surface area contributed by atoms with Crippen molar-refractivity contribution in [1.82, 2.24) is 15.2 Å². The first-order valence-corrected chi connectivity index (χ1v) is 19.2. The molecule has 3 N–H and O–H groups in total. The Morgan fingerprint density at radius 1 is 0.745 bits per heavy atom. The van der Waals surface area contributed by atoms with Gasteiger partial charge in [-0.3, -0.25) is 48.7 Å². The monoisotopic (exact) mass is 864 g/mol. The van der Waals surface area contributed by atoms with Gasteiger partial charge in [0.05, 0.1) is 29.6 Å². The molecule has 0 aliphatic carbocycles. The molecule has 55 heavy (non-hydrogen) atoms. The maximum absolute atomic E-state index is 11.7. The zero-order valence-corrected chi connectivity index (χ0v) is 34.5. The van der Waals surface area contributed by atoms with Gasteiger partial charge in [-0.05, 0) is 0 Å². The average molecular weight is 866 g/mol. The molecule has 2 fully saturated rings. The molecule has 0 unspecified atom stereocenters. The van der Waals surface area contributed by atoms with Crippen molar-refractivity contribution in [3.63, 3.8) is 0 Å². The Balaban J connectivity index is -0.000000142. The summed E-state index contributed by atoms with van der Waals surface area (Å²) in [6, 6.07) is 27.3. The van der Waals surface area contributed by atoms with Gasteiger partial charge in [-0.15, -0.1) is 0 Å². The minimum atomic E-state index is -0.422. The molecule has 0 spiro atoms. The molecule has 0 bridgehead atoms. The molecule has 0 atom stereocenters. The molecule has 12 nitrogen and oxygen atoms in total. The van der Waals surface area contributed by atoms with Gasteiger partial charge >= 0.3 is 24.6 Å². The van der Waals surface area contributed by atoms with E-state index in [0.717, 1.165) is 39.6 Å². The molecule has 2 aliphatic heterocycles. The molecular weight excluding hydrogens is 812 g/mol. The van der Waals surface area contributed by atoms with Crippen LogP contribution in [0.3, 0.4) is 0 Å². The van der Waals surface area contributed by atoms with Crippen LogP contribution in [0.25, 0.3) is 11.3 Å². The van der Waals surface area contributed by atoms with Gasteiger partial charge in [0.25, 0.3) is 10.5 Å². The first-order chi connectivity index (χ1) is 24.7. The van der Waals surface area contributed by atoms with Gasteiger partial charge in [0.15, 0.2) is 17.3 Å². The topological polar surface area (TPSA) is 194 Å². The van der Waals surface area contributed by atoms with E-state index in [1.165, 1.54) is 0 Å². The van der Waals surface area contributed by atoms with E-state index in [2.05, 4.69) is 26.2 Å². The summed E-state index contributed by atoms with van der Waals surface area (Å²) in [7, 11) is 0. The van der Waals surface area contributed by atoms with Crippen LogP contribution in [0.15, 0.2) is 106 Å². The molecule has 0 saturated carbocycles. The van der Waals surface area contributed by atoms with Gasteiger partial charge < -0.3 is 9.89 Å². The van der Waals surface area contributed by atoms with Crippen LogP contribution in [-0.2, 0) is 9.59 Å². The first-order valence-electron chi connectivity index (χ1n) is 16.1. The van der Waals surface area contributed by atoms with Crippen LogP contribution in [0.2, 0.25) is 0 Å². The molecule has 0 radical (unpaired) electrons. The van der Waals surface area contributed by atoms with Crippen LogP contribution in [0.5, 0.6) is 0 Å². The number of amides is 4. The number of Topliss-reactive ketones (excluding diaryl/α,β-unsaturated/α-hetero) is 2. The number of halogens is 2. The van der Waals surface area contributed by atoms with E-state index < -0.39 is 5.76 Å². The molecule has 3 heterocycles. The summed E-state index contributed by atoms with van der Waals surface area (Å²) >= 11 is 5.04. The summed E-state index contributed by atoms with van der Waals surface area (Å²) in [5, 5.41) is 1.93. The number of hydrogen-bond donors (Lipinski definition) is 2. The van der Waals surface area contributed by atoms with Crippen molar-refractivity contribution in [3.8, 4) is 11.3 Å². The third-order valence-corrected chi connectivity index (χ3v) is 7.75. The Kier molecular flexibility index (Phi) is 40.4. The van der Waals surface area contributed by atoms with Gasteiger partial charge in [0.2, 0.25) is 11.8 Å². The van der Waals surface area contributed by atoms with E-state index in [4.69, 9.17) is 4.42 Å². The molecule has 2 saturated heterocycles. The molecule has 17 heteroatoms. The fourth-order valence-corrected chi connectivity index (χ4v) is 5.01. The number of aromatic nitrogens is 1. The Morgan fingerprint density at radius 3 is 1.53 bits per heavy atom. The van der Waals surface area contributed by atoms with Crippen molar-refractivity contribution >= 4 is 73.3 Å². The Labute approximate surface area is 352 Å². The van der Waals surface area contributed by atoms with E-state index in [0.29, 0.717) is 22.4 Å². The predicted octanol–water partition coefficient (Wildman–Crippen LogP) is 6.37. The van der Waals surface area contributed by atoms with Crippen molar-refractivity contribution in [1.29, 1.82) is 0 Å². The summed E-state index contributed by atoms with van der Waals surface area (Å²) in [6.07, 6.45) is 1.55. The number of benzene rings is 3. The molecule has 300 valence electrons. The van der Waals surface area contributed by atoms with Crippen molar-refractivity contribution in [2.75, 3.05) is 23.4 Å². The molecule has 2 aliphatic rings. The first kappa shape index (κ1) is 60.2. The van der Waals surface area contributed by atoms with Gasteiger partial charge in [0, 0.05) is 18.1 Å². The SMILES string of the molecule is C.CC.CC.CC.F.O=C(CBr)c1ccccc1.O=C(CN1C(=O)CSC1=O)c1ccccc1.O=C1CSC(=O)N1.O=c1[nH]cc(-c2ccccc2)o1.[2HH].[Li+].[OH-]. The number of nitrogens with zero attached hydrogens (tertiary/aromatic N) is 1. The van der Waals surface area contributed by atoms with E-state index in [-0.39, 0.29) is 84.1 Å². The number of imide groups is 2. The summed E-state index contributed by atoms with van der Waals surface area (Å²) < 4.78 is 4.86. The van der Waals surface area contributed by atoms with Crippen molar-refractivity contribution in [2.45, 2.75) is 49.0 Å².